The normalized spacial score (nSPS) is 12.6. The first-order valence-electron chi connectivity index (χ1n) is 6.30. The van der Waals surface area contributed by atoms with Gasteiger partial charge < -0.3 is 9.55 Å². The number of aromatic nitrogens is 2. The molecule has 0 bridgehead atoms. The molecule has 2 nitrogen and oxygen atoms in total. The second-order valence-electron chi connectivity index (χ2n) is 5.94. The first-order chi connectivity index (χ1) is 8.72. The van der Waals surface area contributed by atoms with Gasteiger partial charge in [0.2, 0.25) is 0 Å². The highest BCUT2D eigenvalue weighted by Gasteiger charge is 2.24. The molecule has 0 atom stereocenters. The number of halogens is 2. The summed E-state index contributed by atoms with van der Waals surface area (Å²) in [5, 5.41) is 0.123. The summed E-state index contributed by atoms with van der Waals surface area (Å²) in [4.78, 5) is 3.04. The Morgan fingerprint density at radius 1 is 1.42 bits per heavy atom. The van der Waals surface area contributed by atoms with Gasteiger partial charge in [0.05, 0.1) is 16.1 Å². The van der Waals surface area contributed by atoms with E-state index in [4.69, 9.17) is 23.8 Å². The number of hydrogen-bond acceptors (Lipinski definition) is 1. The molecule has 2 rings (SSSR count). The average molecular weight is 301 g/mol. The third-order valence-electron chi connectivity index (χ3n) is 3.94. The Morgan fingerprint density at radius 2 is 2.05 bits per heavy atom. The Labute approximate surface area is 122 Å². The van der Waals surface area contributed by atoms with Crippen molar-refractivity contribution in [2.24, 2.45) is 11.3 Å². The van der Waals surface area contributed by atoms with E-state index in [0.717, 1.165) is 12.1 Å². The maximum Gasteiger partial charge on any atom is 0.178 e. The highest BCUT2D eigenvalue weighted by Crippen LogP contribution is 2.31. The summed E-state index contributed by atoms with van der Waals surface area (Å²) in [5.74, 6) is 0.0796. The average Bonchev–Trinajstić information content (AvgIpc) is 2.56. The smallest absolute Gasteiger partial charge is 0.178 e. The molecule has 104 valence electrons. The van der Waals surface area contributed by atoms with E-state index in [2.05, 4.69) is 32.7 Å². The fourth-order valence-corrected chi connectivity index (χ4v) is 2.33. The van der Waals surface area contributed by atoms with Crippen molar-refractivity contribution < 1.29 is 4.39 Å². The van der Waals surface area contributed by atoms with E-state index in [0.29, 0.717) is 16.2 Å². The van der Waals surface area contributed by atoms with Crippen LogP contribution in [0.2, 0.25) is 5.02 Å². The van der Waals surface area contributed by atoms with E-state index in [1.54, 1.807) is 6.07 Å². The molecule has 0 unspecified atom stereocenters. The van der Waals surface area contributed by atoms with Crippen LogP contribution in [0.1, 0.15) is 27.7 Å². The Balaban J connectivity index is 2.58. The van der Waals surface area contributed by atoms with E-state index in [-0.39, 0.29) is 10.4 Å². The summed E-state index contributed by atoms with van der Waals surface area (Å²) in [6.45, 7) is 9.54. The molecule has 0 radical (unpaired) electrons. The largest absolute Gasteiger partial charge is 0.330 e. The Hall–Kier alpha value is -0.870. The predicted octanol–water partition coefficient (Wildman–Crippen LogP) is 5.17. The van der Waals surface area contributed by atoms with Gasteiger partial charge in [-0.25, -0.2) is 4.39 Å². The van der Waals surface area contributed by atoms with Crippen molar-refractivity contribution in [3.8, 4) is 0 Å². The number of imidazole rings is 1. The number of nitrogens with zero attached hydrogens (tertiary/aromatic N) is 1. The van der Waals surface area contributed by atoms with Crippen LogP contribution in [-0.4, -0.2) is 9.55 Å². The van der Waals surface area contributed by atoms with Gasteiger partial charge in [-0.1, -0.05) is 39.3 Å². The van der Waals surface area contributed by atoms with Gasteiger partial charge in [0.25, 0.3) is 0 Å². The minimum absolute atomic E-state index is 0.0915. The highest BCUT2D eigenvalue weighted by molar-refractivity contribution is 7.71. The highest BCUT2D eigenvalue weighted by atomic mass is 35.5. The van der Waals surface area contributed by atoms with Gasteiger partial charge in [0.1, 0.15) is 5.82 Å². The third kappa shape index (κ3) is 2.70. The Morgan fingerprint density at radius 3 is 2.63 bits per heavy atom. The predicted molar refractivity (Wildman–Crippen MR) is 80.7 cm³/mol. The Kier molecular flexibility index (Phi) is 3.76. The van der Waals surface area contributed by atoms with Crippen molar-refractivity contribution in [1.29, 1.82) is 0 Å². The van der Waals surface area contributed by atoms with Crippen LogP contribution in [0, 0.1) is 21.9 Å². The lowest BCUT2D eigenvalue weighted by atomic mass is 9.81. The lowest BCUT2D eigenvalue weighted by Gasteiger charge is -2.29. The molecule has 5 heteroatoms. The van der Waals surface area contributed by atoms with Gasteiger partial charge in [-0.3, -0.25) is 0 Å². The summed E-state index contributed by atoms with van der Waals surface area (Å²) in [6.07, 6.45) is 0. The second kappa shape index (κ2) is 4.91. The van der Waals surface area contributed by atoms with Gasteiger partial charge in [-0.2, -0.15) is 0 Å². The quantitative estimate of drug-likeness (QED) is 0.775. The van der Waals surface area contributed by atoms with Gasteiger partial charge >= 0.3 is 0 Å². The molecule has 0 spiro atoms. The lowest BCUT2D eigenvalue weighted by Crippen LogP contribution is -2.25. The molecule has 0 aliphatic heterocycles. The SMILES string of the molecule is CC(C)C(C)(C)Cn1c(=S)[nH]c2cc(F)c(Cl)cc21. The van der Waals surface area contributed by atoms with E-state index in [1.165, 1.54) is 6.07 Å². The van der Waals surface area contributed by atoms with Gasteiger partial charge in [-0.05, 0) is 29.6 Å². The molecule has 19 heavy (non-hydrogen) atoms. The summed E-state index contributed by atoms with van der Waals surface area (Å²) < 4.78 is 16.1. The molecule has 0 amide bonds. The minimum Gasteiger partial charge on any atom is -0.330 e. The molecule has 1 aromatic heterocycles. The number of nitrogens with one attached hydrogen (secondary N) is 1. The molecule has 0 fully saturated rings. The molecule has 1 aromatic carbocycles. The zero-order valence-electron chi connectivity index (χ0n) is 11.6. The monoisotopic (exact) mass is 300 g/mol. The van der Waals surface area contributed by atoms with Crippen LogP contribution in [0.25, 0.3) is 11.0 Å². The van der Waals surface area contributed by atoms with E-state index in [1.807, 2.05) is 4.57 Å². The van der Waals surface area contributed by atoms with E-state index >= 15 is 0 Å². The number of hydrogen-bond donors (Lipinski definition) is 1. The molecule has 0 saturated carbocycles. The first kappa shape index (κ1) is 14.5. The van der Waals surface area contributed by atoms with Crippen LogP contribution in [0.5, 0.6) is 0 Å². The van der Waals surface area contributed by atoms with Gasteiger partial charge in [-0.15, -0.1) is 0 Å². The lowest BCUT2D eigenvalue weighted by molar-refractivity contribution is 0.212. The van der Waals surface area contributed by atoms with E-state index in [9.17, 15) is 4.39 Å². The molecule has 2 aromatic rings. The number of benzene rings is 1. The summed E-state index contributed by atoms with van der Waals surface area (Å²) in [6, 6.07) is 3.03. The molecule has 1 N–H and O–H groups in total. The van der Waals surface area contributed by atoms with Crippen LogP contribution >= 0.6 is 23.8 Å². The number of rotatable bonds is 3. The molecule has 0 aliphatic carbocycles. The Bertz CT molecular complexity index is 670. The molecular formula is C14H18ClFN2S. The van der Waals surface area contributed by atoms with E-state index < -0.39 is 5.82 Å². The summed E-state index contributed by atoms with van der Waals surface area (Å²) in [7, 11) is 0. The number of H-pyrrole nitrogens is 1. The third-order valence-corrected chi connectivity index (χ3v) is 4.56. The first-order valence-corrected chi connectivity index (χ1v) is 7.08. The summed E-state index contributed by atoms with van der Waals surface area (Å²) >= 11 is 11.2. The minimum atomic E-state index is -0.430. The van der Waals surface area contributed by atoms with Gasteiger partial charge in [0.15, 0.2) is 4.77 Å². The maximum absolute atomic E-state index is 13.5. The number of fused-ring (bicyclic) bond motifs is 1. The van der Waals surface area contributed by atoms with Crippen LogP contribution < -0.4 is 0 Å². The topological polar surface area (TPSA) is 20.7 Å². The second-order valence-corrected chi connectivity index (χ2v) is 6.74. The van der Waals surface area contributed by atoms with Crippen LogP contribution in [-0.2, 0) is 6.54 Å². The van der Waals surface area contributed by atoms with Crippen molar-refractivity contribution in [3.63, 3.8) is 0 Å². The van der Waals surface area contributed by atoms with Crippen molar-refractivity contribution in [3.05, 3.63) is 27.7 Å². The fraction of sp³-hybridized carbons (Fsp3) is 0.500. The van der Waals surface area contributed by atoms with Crippen molar-refractivity contribution in [2.45, 2.75) is 34.2 Å². The zero-order valence-corrected chi connectivity index (χ0v) is 13.1. The van der Waals surface area contributed by atoms with Gasteiger partial charge in [0, 0.05) is 12.6 Å². The fourth-order valence-electron chi connectivity index (χ4n) is 1.90. The molecule has 0 saturated heterocycles. The van der Waals surface area contributed by atoms with Crippen LogP contribution in [0.15, 0.2) is 12.1 Å². The molecule has 1 heterocycles. The molecule has 0 aliphatic rings. The number of aromatic amines is 1. The zero-order chi connectivity index (χ0) is 14.4. The summed E-state index contributed by atoms with van der Waals surface area (Å²) in [5.41, 5.74) is 1.63. The van der Waals surface area contributed by atoms with Crippen molar-refractivity contribution >= 4 is 34.9 Å². The van der Waals surface area contributed by atoms with Crippen molar-refractivity contribution in [1.82, 2.24) is 9.55 Å². The van der Waals surface area contributed by atoms with Crippen LogP contribution in [0.4, 0.5) is 4.39 Å². The van der Waals surface area contributed by atoms with Crippen molar-refractivity contribution in [2.75, 3.05) is 0 Å². The van der Waals surface area contributed by atoms with Crippen LogP contribution in [0.3, 0.4) is 0 Å². The molecular weight excluding hydrogens is 283 g/mol. The maximum atomic E-state index is 13.5. The standard InChI is InChI=1S/C14H18ClFN2S/c1-8(2)14(3,4)7-18-12-5-9(15)10(16)6-11(12)17-13(18)19/h5-6,8H,7H2,1-4H3,(H,17,19).